The zero-order valence-corrected chi connectivity index (χ0v) is 25.2. The number of Topliss-reactive ketones (excluding diaryl/α,β-unsaturated/α-hetero) is 2. The van der Waals surface area contributed by atoms with Crippen LogP contribution in [0, 0.1) is 0 Å². The zero-order valence-electron chi connectivity index (χ0n) is 25.2. The summed E-state index contributed by atoms with van der Waals surface area (Å²) in [6.07, 6.45) is 1.24. The van der Waals surface area contributed by atoms with Crippen LogP contribution in [-0.2, 0) is 9.53 Å². The molecule has 2 aliphatic rings. The number of likely N-dealkylation sites (tertiary alicyclic amines) is 1. The third kappa shape index (κ3) is 6.65. The highest BCUT2D eigenvalue weighted by Crippen LogP contribution is 2.38. The van der Waals surface area contributed by atoms with Gasteiger partial charge in [0, 0.05) is 56.5 Å². The standard InChI is InChI=1S/C31H38N4O8/c1-32-26-27(29(38)22-9-7-6-8-21(22)28(26)37)35(14-15-40-2)25(36)18-34-12-10-20(11-13-34)33-31(39)19-16-23(41-3)30(43-5)24(17-19)42-4/h6-9,16-17,20,32H,10-15,18H2,1-5H3,(H,33,39). The van der Waals surface area contributed by atoms with Crippen LogP contribution in [0.15, 0.2) is 47.8 Å². The van der Waals surface area contributed by atoms with Gasteiger partial charge in [-0.2, -0.15) is 0 Å². The average molecular weight is 595 g/mol. The Morgan fingerprint density at radius 2 is 1.53 bits per heavy atom. The van der Waals surface area contributed by atoms with E-state index >= 15 is 0 Å². The lowest BCUT2D eigenvalue weighted by atomic mass is 9.89. The number of rotatable bonds is 12. The fourth-order valence-corrected chi connectivity index (χ4v) is 5.39. The van der Waals surface area contributed by atoms with E-state index in [4.69, 9.17) is 18.9 Å². The van der Waals surface area contributed by atoms with Crippen LogP contribution in [0.3, 0.4) is 0 Å². The van der Waals surface area contributed by atoms with Crippen molar-refractivity contribution in [2.75, 3.05) is 68.3 Å². The lowest BCUT2D eigenvalue weighted by molar-refractivity contribution is -0.131. The van der Waals surface area contributed by atoms with Gasteiger partial charge in [-0.25, -0.2) is 0 Å². The number of carbonyl (C=O) groups excluding carboxylic acids is 4. The maximum Gasteiger partial charge on any atom is 0.251 e. The van der Waals surface area contributed by atoms with Gasteiger partial charge in [0.05, 0.1) is 34.5 Å². The van der Waals surface area contributed by atoms with Gasteiger partial charge in [-0.05, 0) is 25.0 Å². The molecule has 0 spiro atoms. The number of methoxy groups -OCH3 is 4. The lowest BCUT2D eigenvalue weighted by Crippen LogP contribution is -2.49. The van der Waals surface area contributed by atoms with E-state index in [1.54, 1.807) is 43.4 Å². The molecule has 2 aromatic rings. The second kappa shape index (κ2) is 14.2. The molecule has 43 heavy (non-hydrogen) atoms. The Balaban J connectivity index is 1.43. The normalized spacial score (nSPS) is 15.6. The number of ketones is 2. The van der Waals surface area contributed by atoms with Gasteiger partial charge in [-0.3, -0.25) is 24.1 Å². The highest BCUT2D eigenvalue weighted by molar-refractivity contribution is 6.27. The number of fused-ring (bicyclic) bond motifs is 1. The van der Waals surface area contributed by atoms with Crippen LogP contribution in [0.2, 0.25) is 0 Å². The number of piperidine rings is 1. The minimum Gasteiger partial charge on any atom is -0.493 e. The maximum absolute atomic E-state index is 13.7. The fraction of sp³-hybridized carbons (Fsp3) is 0.419. The molecule has 4 rings (SSSR count). The molecule has 0 radical (unpaired) electrons. The predicted octanol–water partition coefficient (Wildman–Crippen LogP) is 1.89. The molecule has 12 nitrogen and oxygen atoms in total. The topological polar surface area (TPSA) is 136 Å². The predicted molar refractivity (Wildman–Crippen MR) is 158 cm³/mol. The molecule has 1 aliphatic heterocycles. The Bertz CT molecular complexity index is 1390. The number of hydrogen-bond acceptors (Lipinski definition) is 10. The van der Waals surface area contributed by atoms with E-state index in [2.05, 4.69) is 10.6 Å². The molecule has 2 N–H and O–H groups in total. The van der Waals surface area contributed by atoms with Crippen molar-refractivity contribution in [1.29, 1.82) is 0 Å². The Morgan fingerprint density at radius 1 is 0.930 bits per heavy atom. The van der Waals surface area contributed by atoms with E-state index in [1.165, 1.54) is 33.3 Å². The molecule has 0 unspecified atom stereocenters. The van der Waals surface area contributed by atoms with Crippen LogP contribution in [-0.4, -0.2) is 107 Å². The van der Waals surface area contributed by atoms with E-state index in [0.717, 1.165) is 0 Å². The van der Waals surface area contributed by atoms with E-state index in [0.29, 0.717) is 54.3 Å². The van der Waals surface area contributed by atoms with Gasteiger partial charge in [0.15, 0.2) is 11.5 Å². The molecular weight excluding hydrogens is 556 g/mol. The molecule has 1 saturated heterocycles. The number of amides is 2. The van der Waals surface area contributed by atoms with Gasteiger partial charge in [0.1, 0.15) is 11.4 Å². The van der Waals surface area contributed by atoms with Gasteiger partial charge in [-0.15, -0.1) is 0 Å². The molecule has 0 atom stereocenters. The maximum atomic E-state index is 13.7. The number of ether oxygens (including phenoxy) is 4. The van der Waals surface area contributed by atoms with Crippen LogP contribution in [0.5, 0.6) is 17.2 Å². The third-order valence-corrected chi connectivity index (χ3v) is 7.64. The summed E-state index contributed by atoms with van der Waals surface area (Å²) >= 11 is 0. The monoisotopic (exact) mass is 594 g/mol. The third-order valence-electron chi connectivity index (χ3n) is 7.64. The molecule has 1 aliphatic carbocycles. The van der Waals surface area contributed by atoms with E-state index < -0.39 is 5.78 Å². The van der Waals surface area contributed by atoms with Crippen LogP contribution >= 0.6 is 0 Å². The smallest absolute Gasteiger partial charge is 0.251 e. The first-order valence-electron chi connectivity index (χ1n) is 14.0. The van der Waals surface area contributed by atoms with Crippen molar-refractivity contribution in [3.8, 4) is 17.2 Å². The molecule has 0 bridgehead atoms. The molecule has 1 heterocycles. The summed E-state index contributed by atoms with van der Waals surface area (Å²) in [6.45, 7) is 1.44. The van der Waals surface area contributed by atoms with Crippen LogP contribution in [0.25, 0.3) is 0 Å². The van der Waals surface area contributed by atoms with Crippen LogP contribution in [0.1, 0.15) is 43.9 Å². The Kier molecular flexibility index (Phi) is 10.4. The molecule has 0 aromatic heterocycles. The van der Waals surface area contributed by atoms with E-state index in [1.807, 2.05) is 4.90 Å². The molecule has 2 amide bonds. The quantitative estimate of drug-likeness (QED) is 0.375. The molecule has 1 fully saturated rings. The highest BCUT2D eigenvalue weighted by atomic mass is 16.5. The molecule has 2 aromatic carbocycles. The number of allylic oxidation sites excluding steroid dienone is 2. The first kappa shape index (κ1) is 31.5. The van der Waals surface area contributed by atoms with E-state index in [-0.39, 0.29) is 60.3 Å². The van der Waals surface area contributed by atoms with Crippen molar-refractivity contribution in [3.63, 3.8) is 0 Å². The zero-order chi connectivity index (χ0) is 31.1. The Hall–Kier alpha value is -4.42. The summed E-state index contributed by atoms with van der Waals surface area (Å²) in [7, 11) is 7.55. The van der Waals surface area contributed by atoms with Crippen LogP contribution < -0.4 is 24.8 Å². The first-order chi connectivity index (χ1) is 20.8. The number of benzene rings is 2. The summed E-state index contributed by atoms with van der Waals surface area (Å²) in [6, 6.07) is 9.69. The van der Waals surface area contributed by atoms with Crippen molar-refractivity contribution >= 4 is 23.4 Å². The average Bonchev–Trinajstić information content (AvgIpc) is 3.03. The van der Waals surface area contributed by atoms with Gasteiger partial charge in [-0.1, -0.05) is 24.3 Å². The second-order valence-electron chi connectivity index (χ2n) is 10.2. The van der Waals surface area contributed by atoms with Gasteiger partial charge in [0.25, 0.3) is 5.91 Å². The van der Waals surface area contributed by atoms with Crippen molar-refractivity contribution in [2.45, 2.75) is 18.9 Å². The molecule has 12 heteroatoms. The number of nitrogens with zero attached hydrogens (tertiary/aromatic N) is 2. The lowest BCUT2D eigenvalue weighted by Gasteiger charge is -2.35. The summed E-state index contributed by atoms with van der Waals surface area (Å²) in [5.41, 5.74) is 1.06. The van der Waals surface area contributed by atoms with Crippen molar-refractivity contribution in [3.05, 3.63) is 64.5 Å². The van der Waals surface area contributed by atoms with Crippen molar-refractivity contribution in [2.24, 2.45) is 0 Å². The first-order valence-corrected chi connectivity index (χ1v) is 14.0. The fourth-order valence-electron chi connectivity index (χ4n) is 5.39. The molecular formula is C31H38N4O8. The van der Waals surface area contributed by atoms with Crippen LogP contribution in [0.4, 0.5) is 0 Å². The number of likely N-dealkylation sites (N-methyl/N-ethyl adjacent to an activating group) is 1. The SMILES string of the molecule is CNC1=C(N(CCOC)C(=O)CN2CCC(NC(=O)c3cc(OC)c(OC)c(OC)c3)CC2)C(=O)c2ccccc2C1=O. The summed E-state index contributed by atoms with van der Waals surface area (Å²) in [5, 5.41) is 5.90. The second-order valence-corrected chi connectivity index (χ2v) is 10.2. The number of nitrogens with one attached hydrogen (secondary N) is 2. The minimum atomic E-state index is -0.391. The van der Waals surface area contributed by atoms with Gasteiger partial charge < -0.3 is 34.5 Å². The summed E-state index contributed by atoms with van der Waals surface area (Å²) < 4.78 is 21.3. The number of carbonyl (C=O) groups is 4. The Morgan fingerprint density at radius 3 is 2.07 bits per heavy atom. The van der Waals surface area contributed by atoms with E-state index in [9.17, 15) is 19.2 Å². The Labute approximate surface area is 250 Å². The highest BCUT2D eigenvalue weighted by Gasteiger charge is 2.37. The molecule has 0 saturated carbocycles. The van der Waals surface area contributed by atoms with Gasteiger partial charge >= 0.3 is 0 Å². The minimum absolute atomic E-state index is 0.0285. The summed E-state index contributed by atoms with van der Waals surface area (Å²) in [4.78, 5) is 56.8. The summed E-state index contributed by atoms with van der Waals surface area (Å²) in [5.74, 6) is -0.149. The van der Waals surface area contributed by atoms with Crippen molar-refractivity contribution in [1.82, 2.24) is 20.4 Å². The largest absolute Gasteiger partial charge is 0.493 e. The molecule has 230 valence electrons. The van der Waals surface area contributed by atoms with Gasteiger partial charge in [0.2, 0.25) is 23.2 Å². The van der Waals surface area contributed by atoms with Crippen molar-refractivity contribution < 1.29 is 38.1 Å². The number of hydrogen-bond donors (Lipinski definition) is 2.